The van der Waals surface area contributed by atoms with Gasteiger partial charge in [-0.25, -0.2) is 0 Å². The first kappa shape index (κ1) is 16.1. The number of hydrogen-bond acceptors (Lipinski definition) is 4. The molecule has 0 aliphatic carbocycles. The summed E-state index contributed by atoms with van der Waals surface area (Å²) in [7, 11) is 1.75. The molecule has 17 heavy (non-hydrogen) atoms. The average molecular weight is 287 g/mol. The monoisotopic (exact) mass is 286 g/mol. The molecule has 0 aromatic carbocycles. The van der Waals surface area contributed by atoms with E-state index >= 15 is 0 Å². The molecule has 1 aromatic rings. The quantitative estimate of drug-likeness (QED) is 0.783. The second-order valence-electron chi connectivity index (χ2n) is 2.85. The van der Waals surface area contributed by atoms with Crippen molar-refractivity contribution >= 4 is 29.7 Å². The largest absolute Gasteiger partial charge is 0.433 e. The number of hydrogen-bond donors (Lipinski definition) is 2. The average Bonchev–Trinajstić information content (AvgIpc) is 2.65. The maximum absolute atomic E-state index is 12.0. The van der Waals surface area contributed by atoms with E-state index in [9.17, 15) is 13.6 Å². The van der Waals surface area contributed by atoms with Crippen LogP contribution in [0.1, 0.15) is 9.67 Å². The topological polar surface area (TPSA) is 50.4 Å². The number of likely N-dealkylation sites (N-methyl/N-ethyl adjacent to an activating group) is 1. The molecule has 0 spiro atoms. The first-order valence-corrected chi connectivity index (χ1v) is 5.48. The van der Waals surface area contributed by atoms with Gasteiger partial charge in [0.25, 0.3) is 5.91 Å². The van der Waals surface area contributed by atoms with Gasteiger partial charge in [0.15, 0.2) is 0 Å². The standard InChI is InChI=1S/C9H12F2N2O2S.ClH/c1-12-3-4-13-8(14)7-6(2-5-16-7)15-9(10)11;/h2,5,9,12H,3-4H2,1H3,(H,13,14);1H. The minimum absolute atomic E-state index is 0. The van der Waals surface area contributed by atoms with Crippen LogP contribution in [0.15, 0.2) is 11.4 Å². The molecule has 1 heterocycles. The van der Waals surface area contributed by atoms with E-state index in [1.54, 1.807) is 7.05 Å². The SMILES string of the molecule is CNCCNC(=O)c1sccc1OC(F)F.Cl. The summed E-state index contributed by atoms with van der Waals surface area (Å²) >= 11 is 1.07. The van der Waals surface area contributed by atoms with E-state index in [2.05, 4.69) is 15.4 Å². The lowest BCUT2D eigenvalue weighted by Gasteiger charge is -2.06. The predicted molar refractivity (Wildman–Crippen MR) is 64.5 cm³/mol. The molecule has 98 valence electrons. The predicted octanol–water partition coefficient (Wildman–Crippen LogP) is 1.72. The van der Waals surface area contributed by atoms with Gasteiger partial charge in [0.2, 0.25) is 0 Å². The highest BCUT2D eigenvalue weighted by Crippen LogP contribution is 2.26. The van der Waals surface area contributed by atoms with Gasteiger partial charge in [-0.05, 0) is 18.5 Å². The van der Waals surface area contributed by atoms with Crippen LogP contribution in [0.2, 0.25) is 0 Å². The molecular formula is C9H13ClF2N2O2S. The minimum atomic E-state index is -2.92. The van der Waals surface area contributed by atoms with E-state index in [0.717, 1.165) is 11.3 Å². The lowest BCUT2D eigenvalue weighted by molar-refractivity contribution is -0.0498. The van der Waals surface area contributed by atoms with Gasteiger partial charge in [-0.2, -0.15) is 8.78 Å². The van der Waals surface area contributed by atoms with Crippen molar-refractivity contribution < 1.29 is 18.3 Å². The Morgan fingerprint density at radius 3 is 2.82 bits per heavy atom. The third-order valence-electron chi connectivity index (χ3n) is 1.71. The molecule has 0 aliphatic rings. The molecular weight excluding hydrogens is 274 g/mol. The smallest absolute Gasteiger partial charge is 0.387 e. The Labute approximate surface area is 108 Å². The van der Waals surface area contributed by atoms with E-state index in [4.69, 9.17) is 0 Å². The van der Waals surface area contributed by atoms with Gasteiger partial charge < -0.3 is 15.4 Å². The van der Waals surface area contributed by atoms with E-state index in [1.807, 2.05) is 0 Å². The number of amides is 1. The zero-order chi connectivity index (χ0) is 12.0. The maximum Gasteiger partial charge on any atom is 0.387 e. The van der Waals surface area contributed by atoms with Gasteiger partial charge in [0.05, 0.1) is 0 Å². The maximum atomic E-state index is 12.0. The Morgan fingerprint density at radius 2 is 2.24 bits per heavy atom. The number of ether oxygens (including phenoxy) is 1. The van der Waals surface area contributed by atoms with Gasteiger partial charge in [0.1, 0.15) is 10.6 Å². The normalized spacial score (nSPS) is 9.88. The third kappa shape index (κ3) is 5.29. The van der Waals surface area contributed by atoms with Crippen LogP contribution in [0.4, 0.5) is 8.78 Å². The van der Waals surface area contributed by atoms with Crippen LogP contribution < -0.4 is 15.4 Å². The molecule has 0 saturated heterocycles. The van der Waals surface area contributed by atoms with E-state index in [1.165, 1.54) is 11.4 Å². The van der Waals surface area contributed by atoms with Gasteiger partial charge in [0, 0.05) is 13.1 Å². The number of thiophene rings is 1. The summed E-state index contributed by atoms with van der Waals surface area (Å²) in [5, 5.41) is 6.97. The molecule has 2 N–H and O–H groups in total. The number of rotatable bonds is 6. The lowest BCUT2D eigenvalue weighted by atomic mass is 10.4. The molecule has 0 saturated carbocycles. The van der Waals surface area contributed by atoms with Crippen LogP contribution in [0.25, 0.3) is 0 Å². The van der Waals surface area contributed by atoms with Crippen molar-refractivity contribution in [2.24, 2.45) is 0 Å². The van der Waals surface area contributed by atoms with Crippen molar-refractivity contribution in [3.05, 3.63) is 16.3 Å². The van der Waals surface area contributed by atoms with Gasteiger partial charge in [-0.15, -0.1) is 23.7 Å². The summed E-state index contributed by atoms with van der Waals surface area (Å²) in [6, 6.07) is 1.35. The first-order chi connectivity index (χ1) is 7.65. The Kier molecular flexibility index (Phi) is 7.77. The first-order valence-electron chi connectivity index (χ1n) is 4.60. The molecule has 0 atom stereocenters. The number of nitrogens with one attached hydrogen (secondary N) is 2. The number of carbonyl (C=O) groups excluding carboxylic acids is 1. The fourth-order valence-electron chi connectivity index (χ4n) is 1.03. The molecule has 8 heteroatoms. The van der Waals surface area contributed by atoms with Crippen molar-refractivity contribution in [3.63, 3.8) is 0 Å². The van der Waals surface area contributed by atoms with Crippen LogP contribution in [-0.4, -0.2) is 32.7 Å². The molecule has 1 aromatic heterocycles. The summed E-state index contributed by atoms with van der Waals surface area (Å²) < 4.78 is 28.2. The second-order valence-corrected chi connectivity index (χ2v) is 3.77. The van der Waals surface area contributed by atoms with Crippen LogP contribution in [0, 0.1) is 0 Å². The molecule has 1 rings (SSSR count). The number of carbonyl (C=O) groups is 1. The fraction of sp³-hybridized carbons (Fsp3) is 0.444. The van der Waals surface area contributed by atoms with Crippen molar-refractivity contribution in [2.75, 3.05) is 20.1 Å². The van der Waals surface area contributed by atoms with Gasteiger partial charge in [-0.1, -0.05) is 0 Å². The Hall–Kier alpha value is -0.920. The van der Waals surface area contributed by atoms with Gasteiger partial charge in [-0.3, -0.25) is 4.79 Å². The molecule has 0 aliphatic heterocycles. The Bertz CT molecular complexity index is 349. The fourth-order valence-corrected chi connectivity index (χ4v) is 1.77. The van der Waals surface area contributed by atoms with Crippen molar-refractivity contribution in [2.45, 2.75) is 6.61 Å². The van der Waals surface area contributed by atoms with Crippen LogP contribution in [0.5, 0.6) is 5.75 Å². The molecule has 0 bridgehead atoms. The van der Waals surface area contributed by atoms with E-state index < -0.39 is 12.5 Å². The highest BCUT2D eigenvalue weighted by atomic mass is 35.5. The molecule has 0 fully saturated rings. The summed E-state index contributed by atoms with van der Waals surface area (Å²) in [5.41, 5.74) is 0. The van der Waals surface area contributed by atoms with Crippen LogP contribution in [-0.2, 0) is 0 Å². The number of alkyl halides is 2. The summed E-state index contributed by atoms with van der Waals surface area (Å²) in [4.78, 5) is 11.7. The van der Waals surface area contributed by atoms with Crippen molar-refractivity contribution in [3.8, 4) is 5.75 Å². The second kappa shape index (κ2) is 8.21. The van der Waals surface area contributed by atoms with E-state index in [0.29, 0.717) is 13.1 Å². The van der Waals surface area contributed by atoms with Crippen molar-refractivity contribution in [1.29, 1.82) is 0 Å². The molecule has 4 nitrogen and oxygen atoms in total. The van der Waals surface area contributed by atoms with Crippen molar-refractivity contribution in [1.82, 2.24) is 10.6 Å². The highest BCUT2D eigenvalue weighted by Gasteiger charge is 2.16. The zero-order valence-electron chi connectivity index (χ0n) is 9.04. The Balaban J connectivity index is 0.00000256. The minimum Gasteiger partial charge on any atom is -0.433 e. The van der Waals surface area contributed by atoms with Crippen LogP contribution >= 0.6 is 23.7 Å². The van der Waals surface area contributed by atoms with E-state index in [-0.39, 0.29) is 23.0 Å². The molecule has 1 amide bonds. The summed E-state index contributed by atoms with van der Waals surface area (Å²) in [6.07, 6.45) is 0. The third-order valence-corrected chi connectivity index (χ3v) is 2.61. The van der Waals surface area contributed by atoms with Crippen LogP contribution in [0.3, 0.4) is 0 Å². The number of halogens is 3. The van der Waals surface area contributed by atoms with Gasteiger partial charge >= 0.3 is 6.61 Å². The highest BCUT2D eigenvalue weighted by molar-refractivity contribution is 7.12. The zero-order valence-corrected chi connectivity index (χ0v) is 10.7. The summed E-state index contributed by atoms with van der Waals surface area (Å²) in [6.45, 7) is -1.87. The molecule has 0 unspecified atom stereocenters. The lowest BCUT2D eigenvalue weighted by Crippen LogP contribution is -2.30. The molecule has 0 radical (unpaired) electrons. The summed E-state index contributed by atoms with van der Waals surface area (Å²) in [5.74, 6) is -0.483. The Morgan fingerprint density at radius 1 is 1.53 bits per heavy atom.